The molecule has 3 aromatic heterocycles. The van der Waals surface area contributed by atoms with E-state index in [1.165, 1.54) is 23.5 Å². The van der Waals surface area contributed by atoms with Crippen LogP contribution in [0.15, 0.2) is 54.9 Å². The SMILES string of the molecule is COCCNCc1ccc(-c2cc3nccc(Oc4ccc(NC(=O)C5(C(=O)O)CC5)cc4F)c3s2)nc1. The number of nitrogens with zero attached hydrogens (tertiary/aromatic N) is 2. The Kier molecular flexibility index (Phi) is 7.32. The lowest BCUT2D eigenvalue weighted by atomic mass is 10.1. The molecule has 0 spiro atoms. The average Bonchev–Trinajstić information content (AvgIpc) is 3.62. The first-order chi connectivity index (χ1) is 18.4. The van der Waals surface area contributed by atoms with Crippen LogP contribution >= 0.6 is 11.3 Å². The zero-order chi connectivity index (χ0) is 26.7. The van der Waals surface area contributed by atoms with Crippen molar-refractivity contribution in [2.75, 3.05) is 25.6 Å². The maximum Gasteiger partial charge on any atom is 0.319 e. The number of anilines is 1. The standard InChI is InChI=1S/C27H25FN4O5S/c1-36-11-10-29-14-16-2-4-19(31-15-16)23-13-20-24(38-23)22(6-9-30-20)37-21-5-3-17(12-18(21)28)32-25(33)27(7-8-27)26(34)35/h2-6,9,12-13,15,29H,7-8,10-11,14H2,1H3,(H,32,33)(H,34,35). The number of carboxylic acid groups (broad SMARTS) is 1. The first-order valence-electron chi connectivity index (χ1n) is 12.0. The van der Waals surface area contributed by atoms with Crippen LogP contribution in [-0.4, -0.2) is 47.2 Å². The third kappa shape index (κ3) is 5.35. The van der Waals surface area contributed by atoms with Gasteiger partial charge in [0.1, 0.15) is 11.2 Å². The van der Waals surface area contributed by atoms with Gasteiger partial charge in [-0.1, -0.05) is 6.07 Å². The molecule has 1 aliphatic carbocycles. The number of hydrogen-bond acceptors (Lipinski definition) is 8. The molecule has 1 fully saturated rings. The summed E-state index contributed by atoms with van der Waals surface area (Å²) in [4.78, 5) is 33.5. The van der Waals surface area contributed by atoms with E-state index >= 15 is 0 Å². The lowest BCUT2D eigenvalue weighted by Crippen LogP contribution is -2.31. The molecule has 3 N–H and O–H groups in total. The maximum atomic E-state index is 14.9. The second kappa shape index (κ2) is 10.8. The van der Waals surface area contributed by atoms with Crippen molar-refractivity contribution in [3.05, 3.63) is 66.2 Å². The van der Waals surface area contributed by atoms with Crippen molar-refractivity contribution in [2.45, 2.75) is 19.4 Å². The van der Waals surface area contributed by atoms with E-state index in [9.17, 15) is 19.1 Å². The van der Waals surface area contributed by atoms with Crippen molar-refractivity contribution in [2.24, 2.45) is 5.41 Å². The van der Waals surface area contributed by atoms with Crippen LogP contribution in [0.1, 0.15) is 18.4 Å². The summed E-state index contributed by atoms with van der Waals surface area (Å²) >= 11 is 1.44. The van der Waals surface area contributed by atoms with E-state index in [4.69, 9.17) is 9.47 Å². The highest BCUT2D eigenvalue weighted by atomic mass is 32.1. The van der Waals surface area contributed by atoms with Gasteiger partial charge in [0.05, 0.1) is 27.4 Å². The predicted octanol–water partition coefficient (Wildman–Crippen LogP) is 4.83. The van der Waals surface area contributed by atoms with Crippen LogP contribution in [0.5, 0.6) is 11.5 Å². The van der Waals surface area contributed by atoms with Crippen molar-refractivity contribution >= 4 is 39.1 Å². The fourth-order valence-corrected chi connectivity index (χ4v) is 4.94. The number of thiophene rings is 1. The number of benzene rings is 1. The number of pyridine rings is 2. The quantitative estimate of drug-likeness (QED) is 0.184. The molecule has 1 saturated carbocycles. The Labute approximate surface area is 221 Å². The first kappa shape index (κ1) is 25.7. The van der Waals surface area contributed by atoms with Crippen LogP contribution in [0.3, 0.4) is 0 Å². The van der Waals surface area contributed by atoms with Gasteiger partial charge in [0.2, 0.25) is 5.91 Å². The zero-order valence-corrected chi connectivity index (χ0v) is 21.3. The fraction of sp³-hybridized carbons (Fsp3) is 0.259. The molecule has 1 aromatic carbocycles. The molecule has 0 aliphatic heterocycles. The van der Waals surface area contributed by atoms with Gasteiger partial charge in [0.25, 0.3) is 0 Å². The Morgan fingerprint density at radius 1 is 1.13 bits per heavy atom. The van der Waals surface area contributed by atoms with E-state index in [0.717, 1.165) is 33.4 Å². The Morgan fingerprint density at radius 3 is 2.66 bits per heavy atom. The van der Waals surface area contributed by atoms with Crippen molar-refractivity contribution in [1.29, 1.82) is 0 Å². The first-order valence-corrected chi connectivity index (χ1v) is 12.8. The largest absolute Gasteiger partial charge is 0.480 e. The molecule has 0 unspecified atom stereocenters. The molecule has 1 aliphatic rings. The van der Waals surface area contributed by atoms with E-state index in [2.05, 4.69) is 20.6 Å². The summed E-state index contributed by atoms with van der Waals surface area (Å²) in [6, 6.07) is 11.5. The van der Waals surface area contributed by atoms with Gasteiger partial charge in [0, 0.05) is 50.4 Å². The highest BCUT2D eigenvalue weighted by Gasteiger charge is 2.57. The van der Waals surface area contributed by atoms with Crippen molar-refractivity contribution in [3.8, 4) is 22.1 Å². The van der Waals surface area contributed by atoms with Crippen LogP contribution in [0, 0.1) is 11.2 Å². The minimum Gasteiger partial charge on any atom is -0.480 e. The molecular weight excluding hydrogens is 511 g/mol. The summed E-state index contributed by atoms with van der Waals surface area (Å²) in [5, 5.41) is 15.0. The third-order valence-corrected chi connectivity index (χ3v) is 7.43. The van der Waals surface area contributed by atoms with Gasteiger partial charge in [0.15, 0.2) is 11.6 Å². The Bertz CT molecular complexity index is 1490. The highest BCUT2D eigenvalue weighted by molar-refractivity contribution is 7.22. The number of fused-ring (bicyclic) bond motifs is 1. The number of methoxy groups -OCH3 is 1. The Hall–Kier alpha value is -3.93. The molecule has 5 rings (SSSR count). The number of nitrogens with one attached hydrogen (secondary N) is 2. The van der Waals surface area contributed by atoms with Crippen molar-refractivity contribution < 1.29 is 28.6 Å². The van der Waals surface area contributed by atoms with Gasteiger partial charge in [-0.15, -0.1) is 11.3 Å². The maximum absolute atomic E-state index is 14.9. The molecule has 0 saturated heterocycles. The number of aliphatic carboxylic acids is 1. The van der Waals surface area contributed by atoms with Gasteiger partial charge in [-0.3, -0.25) is 19.6 Å². The number of carbonyl (C=O) groups excluding carboxylic acids is 1. The van der Waals surface area contributed by atoms with E-state index in [1.807, 2.05) is 24.4 Å². The third-order valence-electron chi connectivity index (χ3n) is 6.27. The monoisotopic (exact) mass is 536 g/mol. The molecule has 1 amide bonds. The van der Waals surface area contributed by atoms with Crippen LogP contribution < -0.4 is 15.4 Å². The number of amides is 1. The molecule has 0 atom stereocenters. The molecule has 11 heteroatoms. The molecule has 0 radical (unpaired) electrons. The van der Waals surface area contributed by atoms with Gasteiger partial charge in [-0.2, -0.15) is 0 Å². The average molecular weight is 537 g/mol. The number of halogens is 1. The van der Waals surface area contributed by atoms with Gasteiger partial charge >= 0.3 is 5.97 Å². The summed E-state index contributed by atoms with van der Waals surface area (Å²) in [5.74, 6) is -2.12. The van der Waals surface area contributed by atoms with E-state index < -0.39 is 23.1 Å². The smallest absolute Gasteiger partial charge is 0.319 e. The number of aromatic nitrogens is 2. The molecule has 4 aromatic rings. The normalized spacial score (nSPS) is 13.8. The summed E-state index contributed by atoms with van der Waals surface area (Å²) in [7, 11) is 1.66. The van der Waals surface area contributed by atoms with Crippen LogP contribution in [0.25, 0.3) is 20.8 Å². The van der Waals surface area contributed by atoms with Crippen LogP contribution in [0.4, 0.5) is 10.1 Å². The number of rotatable bonds is 11. The number of carboxylic acids is 1. The van der Waals surface area contributed by atoms with Gasteiger partial charge < -0.3 is 25.2 Å². The molecule has 38 heavy (non-hydrogen) atoms. The summed E-state index contributed by atoms with van der Waals surface area (Å²) in [6.07, 6.45) is 3.94. The number of hydrogen-bond donors (Lipinski definition) is 3. The van der Waals surface area contributed by atoms with E-state index in [1.54, 1.807) is 19.4 Å². The lowest BCUT2D eigenvalue weighted by Gasteiger charge is -2.12. The molecule has 0 bridgehead atoms. The van der Waals surface area contributed by atoms with E-state index in [-0.39, 0.29) is 24.3 Å². The summed E-state index contributed by atoms with van der Waals surface area (Å²) in [5.41, 5.74) is 1.29. The molecule has 3 heterocycles. The predicted molar refractivity (Wildman–Crippen MR) is 141 cm³/mol. The second-order valence-corrected chi connectivity index (χ2v) is 10.00. The summed E-state index contributed by atoms with van der Waals surface area (Å²) in [6.45, 7) is 2.09. The minimum absolute atomic E-state index is 0.0340. The lowest BCUT2D eigenvalue weighted by molar-refractivity contribution is -0.147. The zero-order valence-electron chi connectivity index (χ0n) is 20.5. The van der Waals surface area contributed by atoms with Gasteiger partial charge in [-0.25, -0.2) is 4.39 Å². The van der Waals surface area contributed by atoms with Crippen molar-refractivity contribution in [3.63, 3.8) is 0 Å². The van der Waals surface area contributed by atoms with Crippen LogP contribution in [-0.2, 0) is 20.9 Å². The van der Waals surface area contributed by atoms with Gasteiger partial charge in [-0.05, 0) is 42.7 Å². The molecule has 9 nitrogen and oxygen atoms in total. The number of carbonyl (C=O) groups is 2. The Balaban J connectivity index is 1.30. The minimum atomic E-state index is -1.42. The molecule has 196 valence electrons. The second-order valence-electron chi connectivity index (χ2n) is 8.94. The Morgan fingerprint density at radius 2 is 1.97 bits per heavy atom. The summed E-state index contributed by atoms with van der Waals surface area (Å²) < 4.78 is 26.5. The fourth-order valence-electron chi connectivity index (χ4n) is 3.90. The van der Waals surface area contributed by atoms with Crippen LogP contribution in [0.2, 0.25) is 0 Å². The topological polar surface area (TPSA) is 123 Å². The van der Waals surface area contributed by atoms with E-state index in [0.29, 0.717) is 24.4 Å². The molecular formula is C27H25FN4O5S. The highest BCUT2D eigenvalue weighted by Crippen LogP contribution is 2.47. The number of ether oxygens (including phenoxy) is 2. The van der Waals surface area contributed by atoms with Crippen molar-refractivity contribution in [1.82, 2.24) is 15.3 Å².